The maximum Gasteiger partial charge on any atom is 0.344 e. The fraction of sp³-hybridized carbons (Fsp3) is 0.912. The molecule has 12 nitrogen and oxygen atoms in total. The first-order valence-electron chi connectivity index (χ1n) is 28.5. The third-order valence-corrected chi connectivity index (χ3v) is 18.6. The Morgan fingerprint density at radius 2 is 0.950 bits per heavy atom. The lowest BCUT2D eigenvalue weighted by Crippen LogP contribution is -2.63. The highest BCUT2D eigenvalue weighted by atomic mass is 16.6. The van der Waals surface area contributed by atoms with Crippen molar-refractivity contribution in [3.63, 3.8) is 0 Å². The van der Waals surface area contributed by atoms with Gasteiger partial charge in [-0.1, -0.05) is 108 Å². The minimum atomic E-state index is -0.615. The van der Waals surface area contributed by atoms with E-state index in [2.05, 4.69) is 27.7 Å². The average molecular weight is 1140 g/mol. The van der Waals surface area contributed by atoms with Crippen LogP contribution >= 0.6 is 0 Å². The average Bonchev–Trinajstić information content (AvgIpc) is 3.72. The van der Waals surface area contributed by atoms with E-state index in [-0.39, 0.29) is 141 Å². The van der Waals surface area contributed by atoms with Gasteiger partial charge in [-0.05, 0) is 227 Å². The molecule has 0 N–H and O–H groups in total. The molecule has 478 valence electrons. The molecule has 2 saturated heterocycles. The molecule has 2 heterocycles. The molecule has 5 atom stereocenters. The molecule has 5 unspecified atom stereocenters. The van der Waals surface area contributed by atoms with Gasteiger partial charge in [-0.2, -0.15) is 0 Å². The van der Waals surface area contributed by atoms with Crippen molar-refractivity contribution < 1.29 is 57.2 Å². The van der Waals surface area contributed by atoms with Gasteiger partial charge in [-0.3, -0.25) is 24.0 Å². The van der Waals surface area contributed by atoms with Gasteiger partial charge >= 0.3 is 35.8 Å². The molecule has 9 aliphatic rings. The quantitative estimate of drug-likeness (QED) is 0.113. The van der Waals surface area contributed by atoms with Gasteiger partial charge in [0.05, 0.1) is 27.6 Å². The summed E-state index contributed by atoms with van der Waals surface area (Å²) < 4.78 is 33.6. The standard InChI is InChI=1S/C19H32O2.C18H26O6.C13H24O2.C10H20O2.8CH4/c1-6-18(4,5)17(20)21-19(12(2)3)15-8-13-7-14(10-15)11-16(19)9-13;1-4-18(2,3)17(21)22-9-14(19)24-15-11-5-10-6-12(8-11)16(20)23-13(15)7-10;1-5-12(3,4)11(14)15-13(6-2)9-7-8-10-13;1-7-10(5,6)8(11)12-9(2,3)4;;;;;;;;/h12-16H,6-11H2,1-5H3;10-13,15H,4-9H2,1-3H3;5-10H2,1-4H3;7H2,1-6H3;8*1H4. The summed E-state index contributed by atoms with van der Waals surface area (Å²) in [5, 5.41) is 0. The molecule has 9 rings (SSSR count). The van der Waals surface area contributed by atoms with E-state index in [9.17, 15) is 28.8 Å². The molecular weight excluding hydrogens is 1010 g/mol. The Labute approximate surface area is 495 Å². The van der Waals surface area contributed by atoms with Crippen LogP contribution in [0.2, 0.25) is 0 Å². The largest absolute Gasteiger partial charge is 0.460 e. The van der Waals surface area contributed by atoms with Crippen molar-refractivity contribution in [3.8, 4) is 0 Å². The van der Waals surface area contributed by atoms with E-state index in [4.69, 9.17) is 28.4 Å². The van der Waals surface area contributed by atoms with Gasteiger partial charge < -0.3 is 28.4 Å². The van der Waals surface area contributed by atoms with Gasteiger partial charge in [-0.15, -0.1) is 0 Å². The van der Waals surface area contributed by atoms with Crippen molar-refractivity contribution in [2.45, 2.75) is 329 Å². The Morgan fingerprint density at radius 3 is 1.36 bits per heavy atom. The Morgan fingerprint density at radius 1 is 0.537 bits per heavy atom. The number of ether oxygens (including phenoxy) is 6. The van der Waals surface area contributed by atoms with Crippen LogP contribution < -0.4 is 0 Å². The summed E-state index contributed by atoms with van der Waals surface area (Å²) in [5.41, 5.74) is -2.32. The fourth-order valence-electron chi connectivity index (χ4n) is 12.3. The monoisotopic (exact) mass is 1140 g/mol. The molecular formula is C68H134O12. The van der Waals surface area contributed by atoms with Crippen molar-refractivity contribution in [2.75, 3.05) is 6.61 Å². The molecule has 8 bridgehead atoms. The molecule has 0 aromatic carbocycles. The maximum absolute atomic E-state index is 12.8. The summed E-state index contributed by atoms with van der Waals surface area (Å²) in [4.78, 5) is 72.3. The third-order valence-electron chi connectivity index (χ3n) is 18.6. The number of hydrogen-bond acceptors (Lipinski definition) is 12. The van der Waals surface area contributed by atoms with E-state index in [1.807, 2.05) is 83.1 Å². The van der Waals surface area contributed by atoms with Crippen molar-refractivity contribution in [2.24, 2.45) is 69.0 Å². The second kappa shape index (κ2) is 33.9. The molecule has 9 fully saturated rings. The molecule has 0 spiro atoms. The highest BCUT2D eigenvalue weighted by Crippen LogP contribution is 2.62. The van der Waals surface area contributed by atoms with Crippen LogP contribution in [0.4, 0.5) is 0 Å². The van der Waals surface area contributed by atoms with Crippen LogP contribution in [0.3, 0.4) is 0 Å². The third kappa shape index (κ3) is 21.2. The van der Waals surface area contributed by atoms with Gasteiger partial charge in [0.15, 0.2) is 6.61 Å². The lowest BCUT2D eigenvalue weighted by molar-refractivity contribution is -0.231. The van der Waals surface area contributed by atoms with Crippen molar-refractivity contribution >= 4 is 35.8 Å². The van der Waals surface area contributed by atoms with E-state index in [0.717, 1.165) is 76.0 Å². The van der Waals surface area contributed by atoms with Crippen LogP contribution in [0.15, 0.2) is 0 Å². The highest BCUT2D eigenvalue weighted by Gasteiger charge is 2.61. The minimum Gasteiger partial charge on any atom is -0.460 e. The Kier molecular flexibility index (Phi) is 36.3. The molecule has 7 saturated carbocycles. The summed E-state index contributed by atoms with van der Waals surface area (Å²) in [6, 6.07) is 0. The molecule has 7 aliphatic carbocycles. The second-order valence-electron chi connectivity index (χ2n) is 27.1. The molecule has 80 heavy (non-hydrogen) atoms. The van der Waals surface area contributed by atoms with Gasteiger partial charge in [-0.25, -0.2) is 4.79 Å². The van der Waals surface area contributed by atoms with Crippen LogP contribution in [-0.4, -0.2) is 71.4 Å². The minimum absolute atomic E-state index is 0. The number of rotatable bonds is 15. The van der Waals surface area contributed by atoms with Gasteiger partial charge in [0.2, 0.25) is 0 Å². The molecule has 0 amide bonds. The van der Waals surface area contributed by atoms with Crippen LogP contribution in [0.1, 0.15) is 300 Å². The summed E-state index contributed by atoms with van der Waals surface area (Å²) in [5.74, 6) is 2.88. The maximum atomic E-state index is 12.8. The van der Waals surface area contributed by atoms with E-state index in [1.54, 1.807) is 13.8 Å². The van der Waals surface area contributed by atoms with Crippen LogP contribution in [-0.2, 0) is 57.2 Å². The van der Waals surface area contributed by atoms with Crippen molar-refractivity contribution in [1.29, 1.82) is 0 Å². The van der Waals surface area contributed by atoms with E-state index in [1.165, 1.54) is 44.9 Å². The topological polar surface area (TPSA) is 158 Å². The van der Waals surface area contributed by atoms with Crippen molar-refractivity contribution in [3.05, 3.63) is 0 Å². The first-order valence-corrected chi connectivity index (χ1v) is 28.5. The zero-order valence-corrected chi connectivity index (χ0v) is 48.6. The highest BCUT2D eigenvalue weighted by molar-refractivity contribution is 5.80. The predicted molar refractivity (Wildman–Crippen MR) is 334 cm³/mol. The number of esters is 6. The van der Waals surface area contributed by atoms with Crippen LogP contribution in [0.5, 0.6) is 0 Å². The Hall–Kier alpha value is -3.18. The Bertz CT molecular complexity index is 1830. The molecule has 2 aliphatic heterocycles. The van der Waals surface area contributed by atoms with Gasteiger partial charge in [0.1, 0.15) is 29.0 Å². The first kappa shape index (κ1) is 85.6. The summed E-state index contributed by atoms with van der Waals surface area (Å²) in [6.45, 7) is 35.3. The van der Waals surface area contributed by atoms with Gasteiger partial charge in [0, 0.05) is 5.92 Å². The summed E-state index contributed by atoms with van der Waals surface area (Å²) in [7, 11) is 0. The number of carbonyl (C=O) groups is 6. The van der Waals surface area contributed by atoms with Gasteiger partial charge in [0.25, 0.3) is 0 Å². The first-order chi connectivity index (χ1) is 33.2. The molecule has 0 aromatic heterocycles. The fourth-order valence-corrected chi connectivity index (χ4v) is 12.3. The Balaban J connectivity index is -0.000000312. The van der Waals surface area contributed by atoms with Crippen LogP contribution in [0.25, 0.3) is 0 Å². The number of hydrogen-bond donors (Lipinski definition) is 0. The normalized spacial score (nSPS) is 27.0. The van der Waals surface area contributed by atoms with E-state index in [0.29, 0.717) is 30.1 Å². The lowest BCUT2D eigenvalue weighted by atomic mass is 9.47. The van der Waals surface area contributed by atoms with Crippen LogP contribution in [0, 0.1) is 69.0 Å². The molecule has 0 radical (unpaired) electrons. The van der Waals surface area contributed by atoms with E-state index < -0.39 is 23.5 Å². The smallest absolute Gasteiger partial charge is 0.344 e. The summed E-state index contributed by atoms with van der Waals surface area (Å²) in [6.07, 6.45) is 17.8. The SMILES string of the molecule is C.C.C.C.C.C.C.C.CCC(C)(C)C(=O)OC(C)(C)C.CCC(C)(C)C(=O)OC1(C(C)C)C2CC3CC(C2)CC1C3.CCC(C)(C)C(=O)OCC(=O)OC1C2CC3CC(C2)C(=O)OC1C3.CCC1(OC(=O)C(C)(C)CC)CCCC1. The predicted octanol–water partition coefficient (Wildman–Crippen LogP) is 18.6. The zero-order chi connectivity index (χ0) is 54.4. The molecule has 0 aromatic rings. The lowest BCUT2D eigenvalue weighted by Gasteiger charge is -2.62. The van der Waals surface area contributed by atoms with E-state index >= 15 is 0 Å². The number of fused-ring (bicyclic) bond motifs is 1. The second-order valence-corrected chi connectivity index (χ2v) is 27.1. The number of carbonyl (C=O) groups excluding carboxylic acids is 6. The van der Waals surface area contributed by atoms with Crippen molar-refractivity contribution in [1.82, 2.24) is 0 Å². The summed E-state index contributed by atoms with van der Waals surface area (Å²) >= 11 is 0. The molecule has 12 heteroatoms. The zero-order valence-electron chi connectivity index (χ0n) is 48.6.